The molecule has 0 bridgehead atoms. The Kier molecular flexibility index (Phi) is 8.00. The molecule has 1 aromatic carbocycles. The Balaban J connectivity index is 0.000000316. The van der Waals surface area contributed by atoms with Crippen LogP contribution >= 0.6 is 0 Å². The van der Waals surface area contributed by atoms with Crippen molar-refractivity contribution in [1.29, 1.82) is 0 Å². The first-order chi connectivity index (χ1) is 18.3. The summed E-state index contributed by atoms with van der Waals surface area (Å²) in [5, 5.41) is 14.6. The van der Waals surface area contributed by atoms with Crippen molar-refractivity contribution in [1.82, 2.24) is 5.32 Å². The quantitative estimate of drug-likeness (QED) is 0.383. The molecule has 1 saturated heterocycles. The molecule has 6 rings (SSSR count). The Morgan fingerprint density at radius 1 is 1.08 bits per heavy atom. The van der Waals surface area contributed by atoms with Gasteiger partial charge in [-0.15, -0.1) is 0 Å². The lowest BCUT2D eigenvalue weighted by Crippen LogP contribution is -2.52. The third-order valence-electron chi connectivity index (χ3n) is 11.7. The molecule has 4 N–H and O–H groups in total. The van der Waals surface area contributed by atoms with Crippen LogP contribution in [0.3, 0.4) is 0 Å². The zero-order valence-electron chi connectivity index (χ0n) is 24.5. The van der Waals surface area contributed by atoms with E-state index in [1.54, 1.807) is 11.8 Å². The largest absolute Gasteiger partial charge is 0.405 e. The summed E-state index contributed by atoms with van der Waals surface area (Å²) in [4.78, 5) is 0. The molecular weight excluding hydrogens is 464 g/mol. The van der Waals surface area contributed by atoms with Crippen molar-refractivity contribution in [2.45, 2.75) is 110 Å². The topological polar surface area (TPSA) is 58.3 Å². The van der Waals surface area contributed by atoms with Crippen LogP contribution < -0.4 is 11.1 Å². The van der Waals surface area contributed by atoms with E-state index in [-0.39, 0.29) is 0 Å². The first kappa shape index (κ1) is 27.7. The second kappa shape index (κ2) is 11.0. The second-order valence-electron chi connectivity index (χ2n) is 13.5. The van der Waals surface area contributed by atoms with Gasteiger partial charge in [0.05, 0.1) is 5.60 Å². The van der Waals surface area contributed by atoms with E-state index in [9.17, 15) is 5.11 Å². The van der Waals surface area contributed by atoms with Crippen LogP contribution in [-0.2, 0) is 0 Å². The number of hydrogen-bond donors (Lipinski definition) is 3. The summed E-state index contributed by atoms with van der Waals surface area (Å²) < 4.78 is 0. The zero-order valence-corrected chi connectivity index (χ0v) is 24.5. The van der Waals surface area contributed by atoms with Gasteiger partial charge in [0.2, 0.25) is 0 Å². The minimum atomic E-state index is -0.520. The molecule has 3 fully saturated rings. The van der Waals surface area contributed by atoms with Crippen molar-refractivity contribution in [3.63, 3.8) is 0 Å². The van der Waals surface area contributed by atoms with E-state index in [0.717, 1.165) is 31.6 Å². The van der Waals surface area contributed by atoms with Crippen molar-refractivity contribution in [3.8, 4) is 0 Å². The predicted molar refractivity (Wildman–Crippen MR) is 161 cm³/mol. The summed E-state index contributed by atoms with van der Waals surface area (Å²) in [5.74, 6) is 1.97. The summed E-state index contributed by atoms with van der Waals surface area (Å²) in [6.07, 6.45) is 21.6. The number of nitrogens with two attached hydrogens (primary N) is 1. The van der Waals surface area contributed by atoms with E-state index in [1.165, 1.54) is 80.3 Å². The van der Waals surface area contributed by atoms with Gasteiger partial charge in [-0.1, -0.05) is 51.1 Å². The molecule has 0 radical (unpaired) electrons. The number of aliphatic hydroxyl groups is 1. The van der Waals surface area contributed by atoms with Gasteiger partial charge in [0, 0.05) is 13.1 Å². The van der Waals surface area contributed by atoms with Gasteiger partial charge in [-0.3, -0.25) is 0 Å². The first-order valence-corrected chi connectivity index (χ1v) is 15.6. The van der Waals surface area contributed by atoms with Gasteiger partial charge in [-0.25, -0.2) is 0 Å². The Labute approximate surface area is 232 Å². The van der Waals surface area contributed by atoms with Crippen LogP contribution in [0.5, 0.6) is 0 Å². The van der Waals surface area contributed by atoms with E-state index < -0.39 is 5.60 Å². The highest BCUT2D eigenvalue weighted by Crippen LogP contribution is 2.62. The molecule has 1 aromatic rings. The minimum Gasteiger partial charge on any atom is -0.405 e. The Bertz CT molecular complexity index is 1080. The van der Waals surface area contributed by atoms with Crippen molar-refractivity contribution in [2.24, 2.45) is 28.4 Å². The third kappa shape index (κ3) is 4.94. The SMILES string of the molecule is CCC1(CC)CNC1.Cc1cc(C2CCC3C4CC[C@@]5(O)CCCCC5=CC4=CCC23C)ccc1/C=C\N. The summed E-state index contributed by atoms with van der Waals surface area (Å²) in [5.41, 5.74) is 13.0. The number of rotatable bonds is 4. The Morgan fingerprint density at radius 3 is 2.50 bits per heavy atom. The molecule has 0 amide bonds. The second-order valence-corrected chi connectivity index (χ2v) is 13.5. The van der Waals surface area contributed by atoms with Crippen LogP contribution in [0.2, 0.25) is 0 Å². The van der Waals surface area contributed by atoms with E-state index >= 15 is 0 Å². The van der Waals surface area contributed by atoms with Gasteiger partial charge >= 0.3 is 0 Å². The Morgan fingerprint density at radius 2 is 1.87 bits per heavy atom. The molecule has 0 spiro atoms. The highest BCUT2D eigenvalue weighted by molar-refractivity contribution is 5.54. The van der Waals surface area contributed by atoms with E-state index in [2.05, 4.69) is 63.4 Å². The monoisotopic (exact) mass is 516 g/mol. The third-order valence-corrected chi connectivity index (χ3v) is 11.7. The van der Waals surface area contributed by atoms with Crippen molar-refractivity contribution >= 4 is 6.08 Å². The van der Waals surface area contributed by atoms with Gasteiger partial charge in [0.25, 0.3) is 0 Å². The average Bonchev–Trinajstić information content (AvgIpc) is 3.15. The average molecular weight is 517 g/mol. The van der Waals surface area contributed by atoms with Gasteiger partial charge < -0.3 is 16.2 Å². The Hall–Kier alpha value is -1.84. The lowest BCUT2D eigenvalue weighted by Gasteiger charge is -2.44. The van der Waals surface area contributed by atoms with Crippen LogP contribution in [0.4, 0.5) is 0 Å². The molecule has 3 heteroatoms. The van der Waals surface area contributed by atoms with Crippen LogP contribution in [-0.4, -0.2) is 23.8 Å². The van der Waals surface area contributed by atoms with Gasteiger partial charge in [-0.2, -0.15) is 0 Å². The fraction of sp³-hybridized carbons (Fsp3) is 0.657. The molecule has 208 valence electrons. The number of allylic oxidation sites excluding steroid dienone is 3. The van der Waals surface area contributed by atoms with E-state index in [4.69, 9.17) is 5.73 Å². The fourth-order valence-electron chi connectivity index (χ4n) is 8.67. The fourth-order valence-corrected chi connectivity index (χ4v) is 8.67. The predicted octanol–water partition coefficient (Wildman–Crippen LogP) is 7.79. The summed E-state index contributed by atoms with van der Waals surface area (Å²) in [6, 6.07) is 6.98. The number of hydrogen-bond acceptors (Lipinski definition) is 3. The highest BCUT2D eigenvalue weighted by Gasteiger charge is 2.53. The molecular formula is C35H52N2O. The maximum atomic E-state index is 11.3. The van der Waals surface area contributed by atoms with Gasteiger partial charge in [-0.05, 0) is 146 Å². The van der Waals surface area contributed by atoms with Crippen LogP contribution in [0.15, 0.2) is 47.7 Å². The van der Waals surface area contributed by atoms with Gasteiger partial charge in [0.15, 0.2) is 0 Å². The summed E-state index contributed by atoms with van der Waals surface area (Å²) >= 11 is 0. The van der Waals surface area contributed by atoms with Crippen molar-refractivity contribution in [2.75, 3.05) is 13.1 Å². The minimum absolute atomic E-state index is 0.322. The van der Waals surface area contributed by atoms with Crippen molar-refractivity contribution in [3.05, 3.63) is 64.4 Å². The molecule has 3 nitrogen and oxygen atoms in total. The molecule has 2 saturated carbocycles. The van der Waals surface area contributed by atoms with E-state index in [0.29, 0.717) is 22.7 Å². The summed E-state index contributed by atoms with van der Waals surface area (Å²) in [7, 11) is 0. The molecule has 1 heterocycles. The molecule has 5 aliphatic rings. The van der Waals surface area contributed by atoms with E-state index in [1.807, 2.05) is 6.08 Å². The smallest absolute Gasteiger partial charge is 0.0860 e. The number of benzene rings is 1. The number of aryl methyl sites for hydroxylation is 1. The van der Waals surface area contributed by atoms with Crippen LogP contribution in [0.25, 0.3) is 6.08 Å². The van der Waals surface area contributed by atoms with Crippen molar-refractivity contribution < 1.29 is 5.11 Å². The molecule has 5 atom stereocenters. The lowest BCUT2D eigenvalue weighted by atomic mass is 9.60. The molecule has 1 aliphatic heterocycles. The molecule has 0 aromatic heterocycles. The maximum absolute atomic E-state index is 11.3. The first-order valence-electron chi connectivity index (χ1n) is 15.6. The highest BCUT2D eigenvalue weighted by atomic mass is 16.3. The standard InChI is InChI=1S/C28H37NO.C7H15N/c1-19-17-22(7-6-20(19)12-16-29)25-8-9-26-24-11-15-28(30)13-4-3-5-23(28)18-21(24)10-14-27(25,26)2;1-3-7(4-2)5-8-6-7/h6-7,10,12,16-18,24-26,30H,3-5,8-9,11,13-15,29H2,1-2H3;8H,3-6H2,1-2H3/b16-12-;/t24?,25?,26?,27?,28-;/m0./s1. The number of fused-ring (bicyclic) bond motifs is 4. The van der Waals surface area contributed by atoms with Gasteiger partial charge in [0.1, 0.15) is 0 Å². The zero-order chi connectivity index (χ0) is 27.0. The maximum Gasteiger partial charge on any atom is 0.0860 e. The van der Waals surface area contributed by atoms with Crippen LogP contribution in [0.1, 0.15) is 114 Å². The van der Waals surface area contributed by atoms with Crippen LogP contribution in [0, 0.1) is 29.6 Å². The summed E-state index contributed by atoms with van der Waals surface area (Å²) in [6.45, 7) is 11.8. The molecule has 4 aliphatic carbocycles. The normalized spacial score (nSPS) is 35.4. The number of nitrogens with one attached hydrogen (secondary N) is 1. The molecule has 38 heavy (non-hydrogen) atoms. The molecule has 4 unspecified atom stereocenters. The lowest BCUT2D eigenvalue weighted by molar-refractivity contribution is 0.0344.